The second kappa shape index (κ2) is 5.68. The highest BCUT2D eigenvalue weighted by atomic mass is 32.2. The quantitative estimate of drug-likeness (QED) is 0.943. The molecule has 0 radical (unpaired) electrons. The van der Waals surface area contributed by atoms with Gasteiger partial charge in [0.2, 0.25) is 10.0 Å². The highest BCUT2D eigenvalue weighted by molar-refractivity contribution is 7.91. The molecule has 3 rings (SSSR count). The van der Waals surface area contributed by atoms with Gasteiger partial charge in [-0.3, -0.25) is 0 Å². The highest BCUT2D eigenvalue weighted by Crippen LogP contribution is 2.31. The van der Waals surface area contributed by atoms with Gasteiger partial charge in [-0.25, -0.2) is 13.1 Å². The van der Waals surface area contributed by atoms with Crippen molar-refractivity contribution in [2.75, 3.05) is 6.54 Å². The standard InChI is InChI=1S/C15H17NO2S2/c17-20(18,15-9-4-10-19-15)16-11-13-7-3-6-12-5-1-2-8-14(12)13/h1-2,4-5,8-10,13,16H,3,6-7,11H2/t13-/m1/s1. The summed E-state index contributed by atoms with van der Waals surface area (Å²) in [4.78, 5) is 0. The lowest BCUT2D eigenvalue weighted by Gasteiger charge is -2.25. The number of fused-ring (bicyclic) bond motifs is 1. The Labute approximate surface area is 123 Å². The van der Waals surface area contributed by atoms with Gasteiger partial charge in [0.15, 0.2) is 0 Å². The van der Waals surface area contributed by atoms with Gasteiger partial charge in [0.25, 0.3) is 0 Å². The number of hydrogen-bond acceptors (Lipinski definition) is 3. The third kappa shape index (κ3) is 2.80. The minimum atomic E-state index is -3.35. The van der Waals surface area contributed by atoms with Gasteiger partial charge in [0.05, 0.1) is 0 Å². The van der Waals surface area contributed by atoms with Crippen LogP contribution in [0.25, 0.3) is 0 Å². The summed E-state index contributed by atoms with van der Waals surface area (Å²) in [6.07, 6.45) is 3.27. The Hall–Kier alpha value is -1.17. The van der Waals surface area contributed by atoms with E-state index in [1.807, 2.05) is 6.07 Å². The molecule has 0 bridgehead atoms. The van der Waals surface area contributed by atoms with E-state index in [0.717, 1.165) is 19.3 Å². The smallest absolute Gasteiger partial charge is 0.210 e. The Bertz CT molecular complexity index is 678. The Morgan fingerprint density at radius 3 is 2.85 bits per heavy atom. The Morgan fingerprint density at radius 2 is 2.05 bits per heavy atom. The molecule has 3 nitrogen and oxygen atoms in total. The van der Waals surface area contributed by atoms with Crippen molar-refractivity contribution in [3.05, 3.63) is 52.9 Å². The maximum absolute atomic E-state index is 12.1. The minimum Gasteiger partial charge on any atom is -0.210 e. The van der Waals surface area contributed by atoms with Crippen molar-refractivity contribution in [2.24, 2.45) is 0 Å². The molecule has 0 fully saturated rings. The van der Waals surface area contributed by atoms with Crippen LogP contribution in [0.15, 0.2) is 46.0 Å². The maximum Gasteiger partial charge on any atom is 0.250 e. The van der Waals surface area contributed by atoms with Crippen LogP contribution in [-0.4, -0.2) is 15.0 Å². The number of sulfonamides is 1. The molecule has 106 valence electrons. The summed E-state index contributed by atoms with van der Waals surface area (Å²) in [5, 5.41) is 1.78. The first-order valence-electron chi connectivity index (χ1n) is 6.78. The van der Waals surface area contributed by atoms with Gasteiger partial charge in [0.1, 0.15) is 4.21 Å². The van der Waals surface area contributed by atoms with Crippen LogP contribution in [0.5, 0.6) is 0 Å². The molecule has 1 heterocycles. The van der Waals surface area contributed by atoms with Crippen LogP contribution < -0.4 is 4.72 Å². The first-order chi connectivity index (χ1) is 9.67. The Morgan fingerprint density at radius 1 is 1.20 bits per heavy atom. The second-order valence-electron chi connectivity index (χ2n) is 5.07. The van der Waals surface area contributed by atoms with Gasteiger partial charge in [-0.05, 0) is 47.8 Å². The molecule has 0 aliphatic heterocycles. The van der Waals surface area contributed by atoms with E-state index >= 15 is 0 Å². The summed E-state index contributed by atoms with van der Waals surface area (Å²) in [7, 11) is -3.35. The SMILES string of the molecule is O=S(=O)(NC[C@H]1CCCc2ccccc21)c1cccs1. The largest absolute Gasteiger partial charge is 0.250 e. The number of thiophene rings is 1. The van der Waals surface area contributed by atoms with Crippen LogP contribution in [0, 0.1) is 0 Å². The van der Waals surface area contributed by atoms with Crippen molar-refractivity contribution >= 4 is 21.4 Å². The zero-order valence-electron chi connectivity index (χ0n) is 11.1. The average Bonchev–Trinajstić information content (AvgIpc) is 3.00. The van der Waals surface area contributed by atoms with E-state index < -0.39 is 10.0 Å². The van der Waals surface area contributed by atoms with Crippen molar-refractivity contribution < 1.29 is 8.42 Å². The molecule has 1 aromatic heterocycles. The molecular formula is C15H17NO2S2. The lowest BCUT2D eigenvalue weighted by atomic mass is 9.83. The third-order valence-electron chi connectivity index (χ3n) is 3.77. The van der Waals surface area contributed by atoms with Gasteiger partial charge in [-0.15, -0.1) is 11.3 Å². The van der Waals surface area contributed by atoms with Crippen molar-refractivity contribution in [2.45, 2.75) is 29.4 Å². The van der Waals surface area contributed by atoms with E-state index in [1.165, 1.54) is 22.5 Å². The molecule has 2 aromatic rings. The molecule has 5 heteroatoms. The first kappa shape index (κ1) is 13.8. The van der Waals surface area contributed by atoms with E-state index in [2.05, 4.69) is 22.9 Å². The van der Waals surface area contributed by atoms with Gasteiger partial charge < -0.3 is 0 Å². The monoisotopic (exact) mass is 307 g/mol. The number of nitrogens with one attached hydrogen (secondary N) is 1. The van der Waals surface area contributed by atoms with Gasteiger partial charge in [0, 0.05) is 6.54 Å². The summed E-state index contributed by atoms with van der Waals surface area (Å²) in [5.74, 6) is 0.287. The zero-order chi connectivity index (χ0) is 14.0. The summed E-state index contributed by atoms with van der Waals surface area (Å²) in [6, 6.07) is 11.8. The van der Waals surface area contributed by atoms with Crippen LogP contribution in [-0.2, 0) is 16.4 Å². The Kier molecular flexibility index (Phi) is 3.92. The highest BCUT2D eigenvalue weighted by Gasteiger charge is 2.22. The molecular weight excluding hydrogens is 290 g/mol. The molecule has 20 heavy (non-hydrogen) atoms. The normalized spacial score (nSPS) is 18.7. The molecule has 1 aliphatic rings. The molecule has 1 aromatic carbocycles. The van der Waals surface area contributed by atoms with E-state index in [1.54, 1.807) is 17.5 Å². The number of rotatable bonds is 4. The predicted octanol–water partition coefficient (Wildman–Crippen LogP) is 3.15. The number of aryl methyl sites for hydroxylation is 1. The second-order valence-corrected chi connectivity index (χ2v) is 8.01. The summed E-state index contributed by atoms with van der Waals surface area (Å²) >= 11 is 1.25. The average molecular weight is 307 g/mol. The van der Waals surface area contributed by atoms with E-state index in [4.69, 9.17) is 0 Å². The number of benzene rings is 1. The molecule has 0 saturated carbocycles. The summed E-state index contributed by atoms with van der Waals surface area (Å²) in [6.45, 7) is 0.483. The van der Waals surface area contributed by atoms with Crippen LogP contribution in [0.1, 0.15) is 29.9 Å². The molecule has 1 aliphatic carbocycles. The molecule has 1 atom stereocenters. The number of hydrogen-bond donors (Lipinski definition) is 1. The van der Waals surface area contributed by atoms with Crippen molar-refractivity contribution in [3.8, 4) is 0 Å². The molecule has 1 N–H and O–H groups in total. The fourth-order valence-electron chi connectivity index (χ4n) is 2.76. The lowest BCUT2D eigenvalue weighted by Crippen LogP contribution is -2.29. The molecule has 0 amide bonds. The fraction of sp³-hybridized carbons (Fsp3) is 0.333. The summed E-state index contributed by atoms with van der Waals surface area (Å²) < 4.78 is 27.4. The third-order valence-corrected chi connectivity index (χ3v) is 6.59. The van der Waals surface area contributed by atoms with E-state index in [9.17, 15) is 8.42 Å². The van der Waals surface area contributed by atoms with E-state index in [0.29, 0.717) is 10.8 Å². The van der Waals surface area contributed by atoms with Gasteiger partial charge in [-0.1, -0.05) is 30.3 Å². The van der Waals surface area contributed by atoms with Gasteiger partial charge in [-0.2, -0.15) is 0 Å². The first-order valence-corrected chi connectivity index (χ1v) is 9.14. The summed E-state index contributed by atoms with van der Waals surface area (Å²) in [5.41, 5.74) is 2.66. The molecule has 0 saturated heterocycles. The van der Waals surface area contributed by atoms with Crippen molar-refractivity contribution in [1.82, 2.24) is 4.72 Å². The van der Waals surface area contributed by atoms with Crippen LogP contribution >= 0.6 is 11.3 Å². The predicted molar refractivity (Wildman–Crippen MR) is 81.6 cm³/mol. The van der Waals surface area contributed by atoms with Gasteiger partial charge >= 0.3 is 0 Å². The maximum atomic E-state index is 12.1. The molecule has 0 unspecified atom stereocenters. The van der Waals surface area contributed by atoms with E-state index in [-0.39, 0.29) is 5.92 Å². The van der Waals surface area contributed by atoms with Crippen molar-refractivity contribution in [3.63, 3.8) is 0 Å². The van der Waals surface area contributed by atoms with Crippen LogP contribution in [0.4, 0.5) is 0 Å². The fourth-order valence-corrected chi connectivity index (χ4v) is 4.88. The lowest BCUT2D eigenvalue weighted by molar-refractivity contribution is 0.529. The van der Waals surface area contributed by atoms with Crippen LogP contribution in [0.3, 0.4) is 0 Å². The Balaban J connectivity index is 1.74. The minimum absolute atomic E-state index is 0.287. The molecule has 0 spiro atoms. The van der Waals surface area contributed by atoms with Crippen LogP contribution in [0.2, 0.25) is 0 Å². The topological polar surface area (TPSA) is 46.2 Å². The van der Waals surface area contributed by atoms with Crippen molar-refractivity contribution in [1.29, 1.82) is 0 Å². The zero-order valence-corrected chi connectivity index (χ0v) is 12.7.